The number of ether oxygens (including phenoxy) is 1. The number of carbonyl (C=O) groups is 1. The van der Waals surface area contributed by atoms with Crippen LogP contribution in [0.15, 0.2) is 12.2 Å². The number of aliphatic carboxylic acids is 1. The lowest BCUT2D eigenvalue weighted by atomic mass is 10.1. The lowest BCUT2D eigenvalue weighted by Gasteiger charge is -1.99. The largest absolute Gasteiger partial charge is 0.481 e. The highest BCUT2D eigenvalue weighted by Gasteiger charge is 1.95. The standard InChI is InChI=1S/C18H34O2.C4H11NO2/c1-2-3-4-5-6-7-8-9-10-11-12-13-14-15-16-17-18(19)20;5-1-3-7-4-2-6/h9-10H,2-8,11-17H2,1H3,(H,19,20);6H,1-5H2/b10-9-;. The maximum Gasteiger partial charge on any atom is 0.303 e. The summed E-state index contributed by atoms with van der Waals surface area (Å²) in [4.78, 5) is 10.3. The minimum atomic E-state index is -0.664. The van der Waals surface area contributed by atoms with Gasteiger partial charge in [-0.1, -0.05) is 70.4 Å². The molecule has 0 aromatic carbocycles. The van der Waals surface area contributed by atoms with Gasteiger partial charge in [-0.05, 0) is 32.1 Å². The van der Waals surface area contributed by atoms with Crippen molar-refractivity contribution < 1.29 is 19.7 Å². The highest BCUT2D eigenvalue weighted by atomic mass is 16.5. The molecule has 0 aliphatic heterocycles. The van der Waals surface area contributed by atoms with Gasteiger partial charge in [0.25, 0.3) is 0 Å². The van der Waals surface area contributed by atoms with Gasteiger partial charge in [0.1, 0.15) is 0 Å². The molecule has 0 saturated heterocycles. The van der Waals surface area contributed by atoms with Crippen molar-refractivity contribution in [2.24, 2.45) is 5.73 Å². The number of hydrogen-bond acceptors (Lipinski definition) is 4. The van der Waals surface area contributed by atoms with Crippen molar-refractivity contribution in [3.05, 3.63) is 12.2 Å². The van der Waals surface area contributed by atoms with Crippen LogP contribution in [0.1, 0.15) is 96.8 Å². The Bertz CT molecular complexity index is 305. The van der Waals surface area contributed by atoms with Crippen LogP contribution in [-0.2, 0) is 9.53 Å². The van der Waals surface area contributed by atoms with Crippen molar-refractivity contribution in [1.29, 1.82) is 0 Å². The Kier molecular flexibility index (Phi) is 28.6. The maximum atomic E-state index is 10.3. The van der Waals surface area contributed by atoms with E-state index in [2.05, 4.69) is 19.1 Å². The molecule has 0 fully saturated rings. The molecule has 0 aliphatic carbocycles. The molecule has 0 bridgehead atoms. The quantitative estimate of drug-likeness (QED) is 0.213. The first-order chi connectivity index (χ1) is 13.2. The first kappa shape index (κ1) is 28.3. The van der Waals surface area contributed by atoms with Crippen molar-refractivity contribution in [3.8, 4) is 0 Å². The lowest BCUT2D eigenvalue weighted by molar-refractivity contribution is -0.137. The van der Waals surface area contributed by atoms with Crippen LogP contribution in [-0.4, -0.2) is 42.5 Å². The second-order valence-corrected chi connectivity index (χ2v) is 6.85. The molecule has 0 saturated carbocycles. The molecular weight excluding hydrogens is 342 g/mol. The number of rotatable bonds is 19. The Hall–Kier alpha value is -0.910. The minimum absolute atomic E-state index is 0.0833. The third kappa shape index (κ3) is 33.1. The van der Waals surface area contributed by atoms with E-state index in [9.17, 15) is 4.79 Å². The fraction of sp³-hybridized carbons (Fsp3) is 0.864. The van der Waals surface area contributed by atoms with Crippen LogP contribution in [0, 0.1) is 0 Å². The minimum Gasteiger partial charge on any atom is -0.481 e. The number of aliphatic hydroxyl groups is 1. The highest BCUT2D eigenvalue weighted by Crippen LogP contribution is 2.09. The van der Waals surface area contributed by atoms with Gasteiger partial charge in [0, 0.05) is 13.0 Å². The fourth-order valence-corrected chi connectivity index (χ4v) is 2.60. The van der Waals surface area contributed by atoms with E-state index >= 15 is 0 Å². The second kappa shape index (κ2) is 27.3. The molecule has 4 N–H and O–H groups in total. The van der Waals surface area contributed by atoms with E-state index in [0.29, 0.717) is 26.2 Å². The Morgan fingerprint density at radius 1 is 0.852 bits per heavy atom. The first-order valence-electron chi connectivity index (χ1n) is 10.9. The van der Waals surface area contributed by atoms with Gasteiger partial charge >= 0.3 is 5.97 Å². The Balaban J connectivity index is 0. The van der Waals surface area contributed by atoms with E-state index in [-0.39, 0.29) is 6.61 Å². The van der Waals surface area contributed by atoms with Gasteiger partial charge < -0.3 is 20.7 Å². The van der Waals surface area contributed by atoms with Gasteiger partial charge in [0.2, 0.25) is 0 Å². The topological polar surface area (TPSA) is 92.8 Å². The number of allylic oxidation sites excluding steroid dienone is 2. The van der Waals surface area contributed by atoms with Crippen LogP contribution >= 0.6 is 0 Å². The van der Waals surface area contributed by atoms with Gasteiger partial charge in [0.05, 0.1) is 19.8 Å². The molecule has 0 unspecified atom stereocenters. The summed E-state index contributed by atoms with van der Waals surface area (Å²) in [7, 11) is 0. The molecule has 0 aliphatic rings. The fourth-order valence-electron chi connectivity index (χ4n) is 2.60. The van der Waals surface area contributed by atoms with Crippen LogP contribution in [0.2, 0.25) is 0 Å². The van der Waals surface area contributed by atoms with Crippen molar-refractivity contribution in [3.63, 3.8) is 0 Å². The molecule has 162 valence electrons. The number of hydrogen-bond donors (Lipinski definition) is 3. The summed E-state index contributed by atoms with van der Waals surface area (Å²) in [5.41, 5.74) is 5.06. The molecule has 0 aromatic rings. The average molecular weight is 388 g/mol. The third-order valence-electron chi connectivity index (χ3n) is 4.15. The summed E-state index contributed by atoms with van der Waals surface area (Å²) in [6.45, 7) is 3.81. The van der Waals surface area contributed by atoms with Crippen LogP contribution in [0.3, 0.4) is 0 Å². The number of aliphatic hydroxyl groups excluding tert-OH is 1. The first-order valence-corrected chi connectivity index (χ1v) is 10.9. The molecule has 0 amide bonds. The summed E-state index contributed by atoms with van der Waals surface area (Å²) in [6, 6.07) is 0. The van der Waals surface area contributed by atoms with E-state index in [1.807, 2.05) is 0 Å². The predicted octanol–water partition coefficient (Wildman–Crippen LogP) is 5.06. The summed E-state index contributed by atoms with van der Waals surface area (Å²) >= 11 is 0. The van der Waals surface area contributed by atoms with Crippen LogP contribution in [0.25, 0.3) is 0 Å². The van der Waals surface area contributed by atoms with Crippen molar-refractivity contribution >= 4 is 5.97 Å². The molecule has 0 aromatic heterocycles. The molecule has 0 radical (unpaired) electrons. The summed E-state index contributed by atoms with van der Waals surface area (Å²) in [5, 5.41) is 16.6. The summed E-state index contributed by atoms with van der Waals surface area (Å²) < 4.78 is 4.76. The zero-order chi connectivity index (χ0) is 20.4. The Morgan fingerprint density at radius 3 is 1.85 bits per heavy atom. The maximum absolute atomic E-state index is 10.3. The SMILES string of the molecule is CCCCCCCC/C=C\CCCCCCCC(=O)O.NCCOCCO. The van der Waals surface area contributed by atoms with E-state index in [0.717, 1.165) is 12.8 Å². The van der Waals surface area contributed by atoms with Gasteiger partial charge in [-0.2, -0.15) is 0 Å². The van der Waals surface area contributed by atoms with E-state index in [1.165, 1.54) is 70.6 Å². The lowest BCUT2D eigenvalue weighted by Crippen LogP contribution is -2.10. The van der Waals surface area contributed by atoms with E-state index in [1.54, 1.807) is 0 Å². The summed E-state index contributed by atoms with van der Waals surface area (Å²) in [5.74, 6) is -0.664. The van der Waals surface area contributed by atoms with Gasteiger partial charge in [0.15, 0.2) is 0 Å². The smallest absolute Gasteiger partial charge is 0.303 e. The van der Waals surface area contributed by atoms with Gasteiger partial charge in [-0.25, -0.2) is 0 Å². The molecule has 0 heterocycles. The molecule has 0 spiro atoms. The molecule has 0 atom stereocenters. The number of carboxylic acid groups (broad SMARTS) is 1. The molecule has 27 heavy (non-hydrogen) atoms. The number of carboxylic acids is 1. The third-order valence-corrected chi connectivity index (χ3v) is 4.15. The van der Waals surface area contributed by atoms with Crippen LogP contribution < -0.4 is 5.73 Å². The van der Waals surface area contributed by atoms with E-state index < -0.39 is 5.97 Å². The van der Waals surface area contributed by atoms with Crippen LogP contribution in [0.4, 0.5) is 0 Å². The van der Waals surface area contributed by atoms with Crippen molar-refractivity contribution in [2.45, 2.75) is 96.8 Å². The van der Waals surface area contributed by atoms with Crippen LogP contribution in [0.5, 0.6) is 0 Å². The Morgan fingerprint density at radius 2 is 1.37 bits per heavy atom. The zero-order valence-electron chi connectivity index (χ0n) is 17.7. The normalized spacial score (nSPS) is 10.8. The van der Waals surface area contributed by atoms with Crippen molar-refractivity contribution in [1.82, 2.24) is 0 Å². The van der Waals surface area contributed by atoms with E-state index in [4.69, 9.17) is 20.7 Å². The molecule has 5 nitrogen and oxygen atoms in total. The molecule has 5 heteroatoms. The van der Waals surface area contributed by atoms with Crippen molar-refractivity contribution in [2.75, 3.05) is 26.4 Å². The zero-order valence-corrected chi connectivity index (χ0v) is 17.7. The van der Waals surface area contributed by atoms with Gasteiger partial charge in [-0.3, -0.25) is 4.79 Å². The van der Waals surface area contributed by atoms with Gasteiger partial charge in [-0.15, -0.1) is 0 Å². The predicted molar refractivity (Wildman–Crippen MR) is 114 cm³/mol. The molecular formula is C22H45NO4. The summed E-state index contributed by atoms with van der Waals surface area (Å²) in [6.07, 6.45) is 21.2. The number of nitrogens with two attached hydrogens (primary N) is 1. The Labute approximate surface area is 167 Å². The monoisotopic (exact) mass is 387 g/mol. The molecule has 0 rings (SSSR count). The second-order valence-electron chi connectivity index (χ2n) is 6.85. The average Bonchev–Trinajstić information content (AvgIpc) is 2.65. The highest BCUT2D eigenvalue weighted by molar-refractivity contribution is 5.66. The number of unbranched alkanes of at least 4 members (excludes halogenated alkanes) is 11.